The number of hydrogen-bond acceptors (Lipinski definition) is 3. The van der Waals surface area contributed by atoms with Crippen LogP contribution in [0.2, 0.25) is 0 Å². The quantitative estimate of drug-likeness (QED) is 0.259. The van der Waals surface area contributed by atoms with E-state index in [1.54, 1.807) is 0 Å². The van der Waals surface area contributed by atoms with E-state index in [1.165, 1.54) is 6.07 Å². The zero-order valence-electron chi connectivity index (χ0n) is 9.38. The Kier molecular flexibility index (Phi) is 4.98. The van der Waals surface area contributed by atoms with Crippen molar-refractivity contribution in [1.82, 2.24) is 0 Å². The van der Waals surface area contributed by atoms with Gasteiger partial charge < -0.3 is 16.3 Å². The lowest BCUT2D eigenvalue weighted by molar-refractivity contribution is -0.152. The summed E-state index contributed by atoms with van der Waals surface area (Å²) in [5.74, 6) is -3.62. The van der Waals surface area contributed by atoms with Crippen molar-refractivity contribution in [3.05, 3.63) is 28.5 Å². The number of nitrogens with two attached hydrogens (primary N) is 1. The van der Waals surface area contributed by atoms with Crippen molar-refractivity contribution in [2.24, 2.45) is 16.8 Å². The summed E-state index contributed by atoms with van der Waals surface area (Å²) in [4.78, 5) is 0. The van der Waals surface area contributed by atoms with Crippen LogP contribution in [0.4, 0.5) is 23.2 Å². The Labute approximate surface area is 114 Å². The molecule has 1 atom stereocenters. The lowest BCUT2D eigenvalue weighted by atomic mass is 10.1. The van der Waals surface area contributed by atoms with Crippen molar-refractivity contribution >= 4 is 27.5 Å². The number of amidine groups is 1. The van der Waals surface area contributed by atoms with Crippen LogP contribution in [-0.4, -0.2) is 23.8 Å². The van der Waals surface area contributed by atoms with Crippen LogP contribution in [0.3, 0.4) is 0 Å². The molecule has 9 heteroatoms. The molecule has 0 saturated carbocycles. The van der Waals surface area contributed by atoms with Gasteiger partial charge >= 0.3 is 6.18 Å². The van der Waals surface area contributed by atoms with Gasteiger partial charge in [0.15, 0.2) is 5.84 Å². The molecule has 0 fully saturated rings. The van der Waals surface area contributed by atoms with Crippen molar-refractivity contribution in [2.75, 3.05) is 11.9 Å². The monoisotopic (exact) mass is 343 g/mol. The predicted molar refractivity (Wildman–Crippen MR) is 65.5 cm³/mol. The summed E-state index contributed by atoms with van der Waals surface area (Å²) >= 11 is 3.01. The van der Waals surface area contributed by atoms with E-state index < -0.39 is 30.3 Å². The molecule has 0 heterocycles. The SMILES string of the molecule is N/C(=N/O)C(CNc1ccc(F)cc1Br)C(F)(F)F. The average Bonchev–Trinajstić information content (AvgIpc) is 2.29. The molecule has 1 aromatic rings. The number of nitrogens with one attached hydrogen (secondary N) is 1. The number of nitrogens with zero attached hydrogens (tertiary/aromatic N) is 1. The number of rotatable bonds is 4. The van der Waals surface area contributed by atoms with E-state index >= 15 is 0 Å². The maximum atomic E-state index is 12.8. The Morgan fingerprint density at radius 2 is 2.11 bits per heavy atom. The Bertz CT molecular complexity index is 478. The first-order chi connectivity index (χ1) is 8.75. The average molecular weight is 344 g/mol. The molecular weight excluding hydrogens is 334 g/mol. The molecule has 1 unspecified atom stereocenters. The largest absolute Gasteiger partial charge is 0.409 e. The lowest BCUT2D eigenvalue weighted by Crippen LogP contribution is -2.40. The van der Waals surface area contributed by atoms with Gasteiger partial charge in [0.05, 0.1) is 0 Å². The number of anilines is 1. The molecule has 106 valence electrons. The third-order valence-corrected chi connectivity index (χ3v) is 2.95. The lowest BCUT2D eigenvalue weighted by Gasteiger charge is -2.20. The minimum atomic E-state index is -4.66. The third kappa shape index (κ3) is 4.27. The molecule has 0 amide bonds. The molecule has 0 aliphatic heterocycles. The number of oxime groups is 1. The standard InChI is InChI=1S/C10H10BrF4N3O/c11-7-3-5(12)1-2-8(7)17-4-6(9(16)18-19)10(13,14)15/h1-3,6,17,19H,4H2,(H2,16,18). The van der Waals surface area contributed by atoms with E-state index in [1.807, 2.05) is 0 Å². The smallest absolute Gasteiger partial charge is 0.400 e. The minimum absolute atomic E-state index is 0.265. The highest BCUT2D eigenvalue weighted by Crippen LogP contribution is 2.28. The topological polar surface area (TPSA) is 70.6 Å². The molecule has 0 aliphatic rings. The van der Waals surface area contributed by atoms with Crippen LogP contribution in [0.1, 0.15) is 0 Å². The van der Waals surface area contributed by atoms with Gasteiger partial charge in [-0.1, -0.05) is 5.16 Å². The Hall–Kier alpha value is -1.51. The highest BCUT2D eigenvalue weighted by Gasteiger charge is 2.42. The molecule has 0 saturated heterocycles. The molecule has 19 heavy (non-hydrogen) atoms. The Morgan fingerprint density at radius 1 is 1.47 bits per heavy atom. The molecule has 0 radical (unpaired) electrons. The predicted octanol–water partition coefficient (Wildman–Crippen LogP) is 2.93. The summed E-state index contributed by atoms with van der Waals surface area (Å²) in [7, 11) is 0. The molecule has 0 spiro atoms. The van der Waals surface area contributed by atoms with Gasteiger partial charge in [0.1, 0.15) is 11.7 Å². The van der Waals surface area contributed by atoms with Crippen molar-refractivity contribution < 1.29 is 22.8 Å². The van der Waals surface area contributed by atoms with E-state index in [9.17, 15) is 17.6 Å². The summed E-state index contributed by atoms with van der Waals surface area (Å²) in [6, 6.07) is 3.48. The fraction of sp³-hybridized carbons (Fsp3) is 0.300. The van der Waals surface area contributed by atoms with Crippen molar-refractivity contribution in [2.45, 2.75) is 6.18 Å². The fourth-order valence-electron chi connectivity index (χ4n) is 1.30. The van der Waals surface area contributed by atoms with Gasteiger partial charge in [0, 0.05) is 16.7 Å². The maximum absolute atomic E-state index is 12.8. The van der Waals surface area contributed by atoms with Gasteiger partial charge in [-0.25, -0.2) is 4.39 Å². The number of halogens is 5. The van der Waals surface area contributed by atoms with Crippen molar-refractivity contribution in [3.63, 3.8) is 0 Å². The molecule has 0 bridgehead atoms. The van der Waals surface area contributed by atoms with E-state index in [2.05, 4.69) is 26.4 Å². The van der Waals surface area contributed by atoms with Crippen LogP contribution < -0.4 is 11.1 Å². The second-order valence-corrected chi connectivity index (χ2v) is 4.48. The van der Waals surface area contributed by atoms with Crippen LogP contribution >= 0.6 is 15.9 Å². The van der Waals surface area contributed by atoms with Crippen LogP contribution in [0, 0.1) is 11.7 Å². The molecule has 4 N–H and O–H groups in total. The van der Waals surface area contributed by atoms with Gasteiger partial charge in [-0.15, -0.1) is 0 Å². The summed E-state index contributed by atoms with van der Waals surface area (Å²) in [6.45, 7) is -0.635. The van der Waals surface area contributed by atoms with Gasteiger partial charge in [0.25, 0.3) is 0 Å². The van der Waals surface area contributed by atoms with Gasteiger partial charge in [-0.05, 0) is 34.1 Å². The second kappa shape index (κ2) is 6.09. The molecule has 0 aromatic heterocycles. The molecule has 1 rings (SSSR count). The van der Waals surface area contributed by atoms with E-state index in [0.29, 0.717) is 0 Å². The molecule has 4 nitrogen and oxygen atoms in total. The van der Waals surface area contributed by atoms with E-state index in [4.69, 9.17) is 10.9 Å². The zero-order valence-corrected chi connectivity index (χ0v) is 11.0. The molecular formula is C10H10BrF4N3O. The zero-order chi connectivity index (χ0) is 14.6. The Morgan fingerprint density at radius 3 is 2.58 bits per heavy atom. The van der Waals surface area contributed by atoms with Crippen LogP contribution in [-0.2, 0) is 0 Å². The minimum Gasteiger partial charge on any atom is -0.409 e. The highest BCUT2D eigenvalue weighted by atomic mass is 79.9. The van der Waals surface area contributed by atoms with Gasteiger partial charge in [0.2, 0.25) is 0 Å². The Balaban J connectivity index is 2.82. The number of benzene rings is 1. The first-order valence-corrected chi connectivity index (χ1v) is 5.78. The number of alkyl halides is 3. The van der Waals surface area contributed by atoms with Crippen LogP contribution in [0.5, 0.6) is 0 Å². The van der Waals surface area contributed by atoms with Crippen LogP contribution in [0.15, 0.2) is 27.8 Å². The second-order valence-electron chi connectivity index (χ2n) is 3.62. The van der Waals surface area contributed by atoms with Crippen LogP contribution in [0.25, 0.3) is 0 Å². The van der Waals surface area contributed by atoms with E-state index in [-0.39, 0.29) is 10.2 Å². The van der Waals surface area contributed by atoms with Crippen molar-refractivity contribution in [3.8, 4) is 0 Å². The summed E-state index contributed by atoms with van der Waals surface area (Å²) in [5.41, 5.74) is 5.26. The van der Waals surface area contributed by atoms with Gasteiger partial charge in [-0.3, -0.25) is 0 Å². The first kappa shape index (κ1) is 15.5. The maximum Gasteiger partial charge on any atom is 0.400 e. The summed E-state index contributed by atoms with van der Waals surface area (Å²) < 4.78 is 51.0. The highest BCUT2D eigenvalue weighted by molar-refractivity contribution is 9.10. The normalized spacial score (nSPS) is 14.3. The summed E-state index contributed by atoms with van der Waals surface area (Å²) in [5, 5.41) is 13.2. The molecule has 0 aliphatic carbocycles. The number of hydrogen-bond donors (Lipinski definition) is 3. The third-order valence-electron chi connectivity index (χ3n) is 2.30. The fourth-order valence-corrected chi connectivity index (χ4v) is 1.79. The first-order valence-electron chi connectivity index (χ1n) is 4.98. The summed E-state index contributed by atoms with van der Waals surface area (Å²) in [6.07, 6.45) is -4.66. The van der Waals surface area contributed by atoms with Gasteiger partial charge in [-0.2, -0.15) is 13.2 Å². The van der Waals surface area contributed by atoms with Crippen molar-refractivity contribution in [1.29, 1.82) is 0 Å². The molecule has 1 aromatic carbocycles. The van der Waals surface area contributed by atoms with E-state index in [0.717, 1.165) is 12.1 Å².